The van der Waals surface area contributed by atoms with Crippen molar-refractivity contribution < 1.29 is 19.1 Å². The van der Waals surface area contributed by atoms with Crippen LogP contribution in [0.25, 0.3) is 10.8 Å². The fourth-order valence-electron chi connectivity index (χ4n) is 10.4. The molecule has 3 amide bonds. The Hall–Kier alpha value is -5.45. The van der Waals surface area contributed by atoms with E-state index in [1.807, 2.05) is 30.3 Å². The molecule has 1 saturated carbocycles. The van der Waals surface area contributed by atoms with Gasteiger partial charge in [0.15, 0.2) is 0 Å². The highest BCUT2D eigenvalue weighted by atomic mass is 35.5. The number of nitrogens with zero attached hydrogens (tertiary/aromatic N) is 6. The number of piperazine rings is 1. The normalized spacial score (nSPS) is 24.4. The molecule has 0 unspecified atom stereocenters. The summed E-state index contributed by atoms with van der Waals surface area (Å²) in [7, 11) is 0. The zero-order valence-corrected chi connectivity index (χ0v) is 35.7. The van der Waals surface area contributed by atoms with Crippen molar-refractivity contribution in [2.45, 2.75) is 84.5 Å². The third kappa shape index (κ3) is 7.83. The van der Waals surface area contributed by atoms with Crippen LogP contribution in [0.15, 0.2) is 71.7 Å². The van der Waals surface area contributed by atoms with Gasteiger partial charge in [0.25, 0.3) is 17.4 Å². The Labute approximate surface area is 355 Å². The Morgan fingerprint density at radius 2 is 1.67 bits per heavy atom. The highest BCUT2D eigenvalue weighted by molar-refractivity contribution is 6.31. The minimum absolute atomic E-state index is 0.102. The van der Waals surface area contributed by atoms with Crippen molar-refractivity contribution in [3.05, 3.63) is 93.4 Å². The smallest absolute Gasteiger partial charge is 0.275 e. The summed E-state index contributed by atoms with van der Waals surface area (Å²) in [6, 6.07) is 20.4. The molecular weight excluding hydrogens is 780 g/mol. The molecule has 3 aliphatic heterocycles. The van der Waals surface area contributed by atoms with Crippen molar-refractivity contribution in [1.82, 2.24) is 25.3 Å². The van der Waals surface area contributed by atoms with Gasteiger partial charge in [-0.15, -0.1) is 0 Å². The van der Waals surface area contributed by atoms with Gasteiger partial charge in [-0.3, -0.25) is 29.4 Å². The quantitative estimate of drug-likeness (QED) is 0.194. The topological polar surface area (TPSA) is 153 Å². The first-order valence-corrected chi connectivity index (χ1v) is 21.4. The summed E-state index contributed by atoms with van der Waals surface area (Å²) < 4.78 is 7.60. The number of rotatable bonds is 9. The van der Waals surface area contributed by atoms with Crippen LogP contribution in [0, 0.1) is 28.1 Å². The number of amides is 3. The van der Waals surface area contributed by atoms with Crippen molar-refractivity contribution in [2.75, 3.05) is 49.1 Å². The molecule has 0 radical (unpaired) electrons. The number of nitriles is 1. The number of aromatic nitrogens is 2. The monoisotopic (exact) mass is 832 g/mol. The number of ether oxygens (including phenoxy) is 1. The van der Waals surface area contributed by atoms with Gasteiger partial charge in [-0.1, -0.05) is 39.3 Å². The molecule has 4 aliphatic rings. The number of hydrogen-bond acceptors (Lipinski definition) is 10. The molecule has 14 heteroatoms. The van der Waals surface area contributed by atoms with Crippen molar-refractivity contribution in [3.8, 4) is 11.8 Å². The van der Waals surface area contributed by atoms with Gasteiger partial charge in [0.1, 0.15) is 24.0 Å². The van der Waals surface area contributed by atoms with E-state index < -0.39 is 11.9 Å². The van der Waals surface area contributed by atoms with Gasteiger partial charge in [-0.05, 0) is 86.7 Å². The molecule has 3 saturated heterocycles. The summed E-state index contributed by atoms with van der Waals surface area (Å²) in [5, 5.41) is 20.8. The average Bonchev–Trinajstić information content (AvgIpc) is 3.22. The van der Waals surface area contributed by atoms with Crippen LogP contribution in [0.1, 0.15) is 82.3 Å². The summed E-state index contributed by atoms with van der Waals surface area (Å²) in [6.07, 6.45) is 4.12. The SMILES string of the molecule is C[C@H]1CN(CC2CCN(c3ccc(C(=O)N[C@H]4C(C)(C)[C@H](Oc5ccc(C#N)c(Cl)c5)C4(C)C)cc3)CC2)CCN1c1ccc2c(=O)n([C@H]3CCC(=O)NC3=O)ncc2c1. The zero-order chi connectivity index (χ0) is 42.5. The summed E-state index contributed by atoms with van der Waals surface area (Å²) >= 11 is 6.26. The average molecular weight is 833 g/mol. The van der Waals surface area contributed by atoms with Crippen LogP contribution in [0.2, 0.25) is 5.02 Å². The van der Waals surface area contributed by atoms with Gasteiger partial charge in [-0.2, -0.15) is 10.4 Å². The lowest BCUT2D eigenvalue weighted by molar-refractivity contribution is -0.164. The molecule has 1 aliphatic carbocycles. The lowest BCUT2D eigenvalue weighted by Crippen LogP contribution is -2.74. The number of benzene rings is 3. The van der Waals surface area contributed by atoms with E-state index in [4.69, 9.17) is 16.3 Å². The molecule has 0 spiro atoms. The van der Waals surface area contributed by atoms with E-state index in [9.17, 15) is 24.4 Å². The van der Waals surface area contributed by atoms with Crippen LogP contribution < -0.4 is 30.7 Å². The number of carbonyl (C=O) groups excluding carboxylic acids is 3. The lowest BCUT2D eigenvalue weighted by atomic mass is 9.49. The zero-order valence-electron chi connectivity index (χ0n) is 34.9. The number of hydrogen-bond donors (Lipinski definition) is 2. The van der Waals surface area contributed by atoms with Gasteiger partial charge in [-0.25, -0.2) is 4.68 Å². The predicted octanol–water partition coefficient (Wildman–Crippen LogP) is 5.94. The maximum Gasteiger partial charge on any atom is 0.275 e. The molecule has 0 bridgehead atoms. The van der Waals surface area contributed by atoms with Crippen LogP contribution >= 0.6 is 11.6 Å². The van der Waals surface area contributed by atoms with Crippen molar-refractivity contribution in [2.24, 2.45) is 16.7 Å². The first-order chi connectivity index (χ1) is 28.6. The maximum absolute atomic E-state index is 13.5. The summed E-state index contributed by atoms with van der Waals surface area (Å²) in [4.78, 5) is 58.2. The van der Waals surface area contributed by atoms with Crippen molar-refractivity contribution >= 4 is 51.5 Å². The molecule has 2 atom stereocenters. The predicted molar refractivity (Wildman–Crippen MR) is 231 cm³/mol. The lowest BCUT2D eigenvalue weighted by Gasteiger charge is -2.63. The summed E-state index contributed by atoms with van der Waals surface area (Å²) in [5.74, 6) is 0.297. The minimum atomic E-state index is -0.786. The number of carbonyl (C=O) groups is 3. The summed E-state index contributed by atoms with van der Waals surface area (Å²) in [5.41, 5.74) is 2.20. The van der Waals surface area contributed by atoms with E-state index in [2.05, 4.69) is 83.3 Å². The Balaban J connectivity index is 0.806. The fourth-order valence-corrected chi connectivity index (χ4v) is 10.6. The first kappa shape index (κ1) is 41.3. The highest BCUT2D eigenvalue weighted by Crippen LogP contribution is 2.55. The van der Waals surface area contributed by atoms with Gasteiger partial charge < -0.3 is 19.9 Å². The highest BCUT2D eigenvalue weighted by Gasteiger charge is 2.64. The number of nitrogens with one attached hydrogen (secondary N) is 2. The molecule has 3 aromatic carbocycles. The van der Waals surface area contributed by atoms with Gasteiger partial charge in [0.2, 0.25) is 5.91 Å². The molecule has 4 heterocycles. The molecule has 13 nitrogen and oxygen atoms in total. The molecular formula is C46H53ClN8O5. The van der Waals surface area contributed by atoms with Crippen molar-refractivity contribution in [1.29, 1.82) is 5.26 Å². The fraction of sp³-hybridized carbons (Fsp3) is 0.478. The van der Waals surface area contributed by atoms with E-state index in [1.165, 1.54) is 4.68 Å². The second kappa shape index (κ2) is 16.2. The number of piperidine rings is 2. The van der Waals surface area contributed by atoms with E-state index in [0.717, 1.165) is 68.9 Å². The standard InChI is InChI=1S/C46H53ClN8O5/c1-28-26-52(20-21-54(28)34-11-13-36-32(22-34)25-49-55(42(36)59)38-14-15-39(56)50-41(38)58)27-29-16-18-53(19-17-29)33-9-6-30(7-10-33)40(57)51-43-45(2,3)44(46(43,4)5)60-35-12-8-31(24-48)37(47)23-35/h6-13,22-23,25,28-29,38,43-44H,14-21,26-27H2,1-5H3,(H,51,57)(H,50,56,58)/t28-,38-,43-,44-/m0/s1. The van der Waals surface area contributed by atoms with Crippen molar-refractivity contribution in [3.63, 3.8) is 0 Å². The third-order valence-corrected chi connectivity index (χ3v) is 13.7. The molecule has 4 fully saturated rings. The Kier molecular flexibility index (Phi) is 11.1. The van der Waals surface area contributed by atoms with Crippen LogP contribution in [-0.2, 0) is 9.59 Å². The van der Waals surface area contributed by atoms with Gasteiger partial charge in [0, 0.05) is 97.0 Å². The number of halogens is 1. The van der Waals surface area contributed by atoms with Crippen LogP contribution in [0.4, 0.5) is 11.4 Å². The Bertz CT molecular complexity index is 2400. The van der Waals surface area contributed by atoms with E-state index in [1.54, 1.807) is 24.4 Å². The summed E-state index contributed by atoms with van der Waals surface area (Å²) in [6.45, 7) is 16.5. The molecule has 8 rings (SSSR count). The number of anilines is 2. The second-order valence-electron chi connectivity index (χ2n) is 18.2. The second-order valence-corrected chi connectivity index (χ2v) is 18.6. The third-order valence-electron chi connectivity index (χ3n) is 13.4. The molecule has 60 heavy (non-hydrogen) atoms. The van der Waals surface area contributed by atoms with Crippen LogP contribution in [-0.4, -0.2) is 89.9 Å². The minimum Gasteiger partial charge on any atom is -0.489 e. The number of fused-ring (bicyclic) bond motifs is 1. The van der Waals surface area contributed by atoms with Gasteiger partial charge >= 0.3 is 0 Å². The van der Waals surface area contributed by atoms with Crippen LogP contribution in [0.5, 0.6) is 5.75 Å². The van der Waals surface area contributed by atoms with E-state index in [0.29, 0.717) is 33.2 Å². The van der Waals surface area contributed by atoms with E-state index >= 15 is 0 Å². The van der Waals surface area contributed by atoms with E-state index in [-0.39, 0.29) is 59.2 Å². The molecule has 2 N–H and O–H groups in total. The Morgan fingerprint density at radius 1 is 0.950 bits per heavy atom. The molecule has 314 valence electrons. The maximum atomic E-state index is 13.5. The molecule has 4 aromatic rings. The molecule has 1 aromatic heterocycles. The first-order valence-electron chi connectivity index (χ1n) is 21.0. The number of imide groups is 1. The van der Waals surface area contributed by atoms with Gasteiger partial charge in [0.05, 0.1) is 22.2 Å². The largest absolute Gasteiger partial charge is 0.489 e. The Morgan fingerprint density at radius 3 is 2.33 bits per heavy atom. The van der Waals surface area contributed by atoms with Crippen LogP contribution in [0.3, 0.4) is 0 Å².